The number of carbonyl (C=O) groups is 1. The van der Waals surface area contributed by atoms with Crippen LogP contribution in [0.4, 0.5) is 0 Å². The third-order valence-electron chi connectivity index (χ3n) is 3.23. The van der Waals surface area contributed by atoms with Gasteiger partial charge in [0.2, 0.25) is 5.91 Å². The zero-order chi connectivity index (χ0) is 13.1. The maximum absolute atomic E-state index is 11.8. The summed E-state index contributed by atoms with van der Waals surface area (Å²) in [5, 5.41) is 2.85. The van der Waals surface area contributed by atoms with Gasteiger partial charge in [-0.2, -0.15) is 0 Å². The monoisotopic (exact) mass is 260 g/mol. The maximum Gasteiger partial charge on any atom is 0.234 e. The van der Waals surface area contributed by atoms with Gasteiger partial charge >= 0.3 is 0 Å². The van der Waals surface area contributed by atoms with Gasteiger partial charge in [-0.15, -0.1) is 0 Å². The van der Waals surface area contributed by atoms with E-state index in [1.807, 2.05) is 18.3 Å². The zero-order valence-corrected chi connectivity index (χ0v) is 10.6. The lowest BCUT2D eigenvalue weighted by Gasteiger charge is -2.26. The Morgan fingerprint density at radius 3 is 3.26 bits per heavy atom. The Balaban J connectivity index is 1.48. The fourth-order valence-electron chi connectivity index (χ4n) is 2.22. The number of rotatable bonds is 4. The van der Waals surface area contributed by atoms with Gasteiger partial charge in [0, 0.05) is 25.5 Å². The lowest BCUT2D eigenvalue weighted by atomic mass is 10.3. The predicted octanol–water partition coefficient (Wildman–Crippen LogP) is 0.608. The first kappa shape index (κ1) is 12.0. The molecule has 3 heterocycles. The number of nitrogens with zero attached hydrogens (tertiary/aromatic N) is 3. The van der Waals surface area contributed by atoms with Gasteiger partial charge in [-0.25, -0.2) is 4.98 Å². The molecule has 1 aliphatic heterocycles. The molecule has 2 aromatic rings. The average Bonchev–Trinajstić information content (AvgIpc) is 3.07. The van der Waals surface area contributed by atoms with Crippen LogP contribution < -0.4 is 5.32 Å². The van der Waals surface area contributed by atoms with E-state index in [2.05, 4.69) is 19.8 Å². The molecule has 2 aromatic heterocycles. The number of aromatic nitrogens is 2. The Kier molecular flexibility index (Phi) is 3.33. The lowest BCUT2D eigenvalue weighted by molar-refractivity contribution is -0.122. The fourth-order valence-corrected chi connectivity index (χ4v) is 2.22. The molecule has 0 aromatic carbocycles. The minimum atomic E-state index is 0.0106. The third kappa shape index (κ3) is 2.85. The molecule has 0 atom stereocenters. The molecule has 0 radical (unpaired) electrons. The number of hydrogen-bond acceptors (Lipinski definition) is 4. The van der Waals surface area contributed by atoms with Crippen molar-refractivity contribution in [2.24, 2.45) is 0 Å². The van der Waals surface area contributed by atoms with Crippen LogP contribution in [0.1, 0.15) is 11.6 Å². The van der Waals surface area contributed by atoms with Crippen molar-refractivity contribution in [1.29, 1.82) is 0 Å². The molecule has 0 fully saturated rings. The second kappa shape index (κ2) is 5.27. The summed E-state index contributed by atoms with van der Waals surface area (Å²) in [6, 6.07) is 3.66. The second-order valence-electron chi connectivity index (χ2n) is 4.60. The number of carbonyl (C=O) groups excluding carboxylic acids is 1. The van der Waals surface area contributed by atoms with Gasteiger partial charge in [-0.1, -0.05) is 0 Å². The quantitative estimate of drug-likeness (QED) is 0.874. The van der Waals surface area contributed by atoms with Crippen LogP contribution in [-0.4, -0.2) is 33.4 Å². The largest absolute Gasteiger partial charge is 0.467 e. The van der Waals surface area contributed by atoms with Crippen LogP contribution in [0.5, 0.6) is 0 Å². The first-order chi connectivity index (χ1) is 9.31. The Morgan fingerprint density at radius 2 is 2.42 bits per heavy atom. The van der Waals surface area contributed by atoms with E-state index in [-0.39, 0.29) is 5.91 Å². The summed E-state index contributed by atoms with van der Waals surface area (Å²) >= 11 is 0. The highest BCUT2D eigenvalue weighted by Crippen LogP contribution is 2.09. The van der Waals surface area contributed by atoms with Crippen LogP contribution in [0.15, 0.2) is 35.2 Å². The topological polar surface area (TPSA) is 63.3 Å². The van der Waals surface area contributed by atoms with Crippen molar-refractivity contribution in [2.75, 3.05) is 13.1 Å². The smallest absolute Gasteiger partial charge is 0.234 e. The van der Waals surface area contributed by atoms with E-state index < -0.39 is 0 Å². The van der Waals surface area contributed by atoms with E-state index in [4.69, 9.17) is 4.42 Å². The highest BCUT2D eigenvalue weighted by Gasteiger charge is 2.18. The molecule has 6 nitrogen and oxygen atoms in total. The summed E-state index contributed by atoms with van der Waals surface area (Å²) in [6.45, 7) is 3.32. The van der Waals surface area contributed by atoms with Crippen molar-refractivity contribution in [2.45, 2.75) is 19.6 Å². The summed E-state index contributed by atoms with van der Waals surface area (Å²) < 4.78 is 7.29. The van der Waals surface area contributed by atoms with Crippen LogP contribution in [-0.2, 0) is 24.4 Å². The van der Waals surface area contributed by atoms with E-state index in [1.54, 1.807) is 12.5 Å². The van der Waals surface area contributed by atoms with Crippen molar-refractivity contribution in [3.05, 3.63) is 42.4 Å². The van der Waals surface area contributed by atoms with Crippen LogP contribution in [0.25, 0.3) is 0 Å². The Bertz CT molecular complexity index is 547. The molecule has 6 heteroatoms. The number of furan rings is 1. The Labute approximate surface area is 111 Å². The van der Waals surface area contributed by atoms with Crippen molar-refractivity contribution in [3.63, 3.8) is 0 Å². The minimum absolute atomic E-state index is 0.0106. The minimum Gasteiger partial charge on any atom is -0.467 e. The molecule has 1 aliphatic rings. The van der Waals surface area contributed by atoms with Crippen molar-refractivity contribution >= 4 is 5.91 Å². The van der Waals surface area contributed by atoms with Gasteiger partial charge in [0.15, 0.2) is 0 Å². The number of imidazole rings is 1. The predicted molar refractivity (Wildman–Crippen MR) is 68.1 cm³/mol. The van der Waals surface area contributed by atoms with Crippen LogP contribution in [0, 0.1) is 0 Å². The number of fused-ring (bicyclic) bond motifs is 1. The molecule has 0 bridgehead atoms. The maximum atomic E-state index is 11.8. The summed E-state index contributed by atoms with van der Waals surface area (Å²) in [7, 11) is 0. The highest BCUT2D eigenvalue weighted by molar-refractivity contribution is 5.77. The fraction of sp³-hybridized carbons (Fsp3) is 0.385. The summed E-state index contributed by atoms with van der Waals surface area (Å²) in [4.78, 5) is 18.2. The lowest BCUT2D eigenvalue weighted by Crippen LogP contribution is -2.41. The first-order valence-electron chi connectivity index (χ1n) is 6.33. The third-order valence-corrected chi connectivity index (χ3v) is 3.23. The van der Waals surface area contributed by atoms with Gasteiger partial charge in [-0.05, 0) is 12.1 Å². The molecule has 0 unspecified atom stereocenters. The molecule has 1 amide bonds. The number of hydrogen-bond donors (Lipinski definition) is 1. The molecule has 100 valence electrons. The van der Waals surface area contributed by atoms with Crippen molar-refractivity contribution in [3.8, 4) is 0 Å². The van der Waals surface area contributed by atoms with Gasteiger partial charge in [0.1, 0.15) is 11.6 Å². The molecule has 1 N–H and O–H groups in total. The zero-order valence-electron chi connectivity index (χ0n) is 10.6. The highest BCUT2D eigenvalue weighted by atomic mass is 16.3. The summed E-state index contributed by atoms with van der Waals surface area (Å²) in [5.41, 5.74) is 0. The van der Waals surface area contributed by atoms with Crippen molar-refractivity contribution < 1.29 is 9.21 Å². The summed E-state index contributed by atoms with van der Waals surface area (Å²) in [5.74, 6) is 1.80. The number of nitrogens with one attached hydrogen (secondary N) is 1. The van der Waals surface area contributed by atoms with Gasteiger partial charge in [0.25, 0.3) is 0 Å². The van der Waals surface area contributed by atoms with Gasteiger partial charge < -0.3 is 14.3 Å². The normalized spacial score (nSPS) is 15.2. The molecular weight excluding hydrogens is 244 g/mol. The van der Waals surface area contributed by atoms with E-state index in [1.165, 1.54) is 0 Å². The van der Waals surface area contributed by atoms with Crippen LogP contribution >= 0.6 is 0 Å². The van der Waals surface area contributed by atoms with E-state index in [0.717, 1.165) is 31.2 Å². The molecule has 19 heavy (non-hydrogen) atoms. The SMILES string of the molecule is O=C(CN1CCn2ccnc2C1)NCc1ccco1. The molecule has 0 saturated carbocycles. The average molecular weight is 260 g/mol. The standard InChI is InChI=1S/C13H16N4O2/c18-13(15-8-11-2-1-7-19-11)10-16-5-6-17-4-3-14-12(17)9-16/h1-4,7H,5-6,8-10H2,(H,15,18). The van der Waals surface area contributed by atoms with Crippen LogP contribution in [0.3, 0.4) is 0 Å². The molecular formula is C13H16N4O2. The van der Waals surface area contributed by atoms with E-state index in [0.29, 0.717) is 13.1 Å². The number of amides is 1. The Morgan fingerprint density at radius 1 is 1.47 bits per heavy atom. The first-order valence-corrected chi connectivity index (χ1v) is 6.33. The Hall–Kier alpha value is -2.08. The van der Waals surface area contributed by atoms with Gasteiger partial charge in [-0.3, -0.25) is 9.69 Å². The van der Waals surface area contributed by atoms with E-state index >= 15 is 0 Å². The summed E-state index contributed by atoms with van der Waals surface area (Å²) in [6.07, 6.45) is 5.38. The van der Waals surface area contributed by atoms with E-state index in [9.17, 15) is 4.79 Å². The molecule has 0 aliphatic carbocycles. The van der Waals surface area contributed by atoms with Crippen molar-refractivity contribution in [1.82, 2.24) is 19.8 Å². The van der Waals surface area contributed by atoms with Gasteiger partial charge in [0.05, 0.1) is 25.9 Å². The van der Waals surface area contributed by atoms with Crippen LogP contribution in [0.2, 0.25) is 0 Å². The second-order valence-corrected chi connectivity index (χ2v) is 4.60. The molecule has 0 saturated heterocycles. The molecule has 0 spiro atoms. The molecule has 3 rings (SSSR count).